The van der Waals surface area contributed by atoms with Crippen molar-refractivity contribution in [3.63, 3.8) is 0 Å². The zero-order valence-corrected chi connectivity index (χ0v) is 6.30. The smallest absolute Gasteiger partial charge is 0.0796 e. The predicted molar refractivity (Wildman–Crippen MR) is 37.6 cm³/mol. The molecule has 0 radical (unpaired) electrons. The molecule has 2 atom stereocenters. The summed E-state index contributed by atoms with van der Waals surface area (Å²) < 4.78 is 0. The number of hydrogen-bond acceptors (Lipinski definition) is 2. The Morgan fingerprint density at radius 3 is 2.44 bits per heavy atom. The molecule has 0 aromatic rings. The molecule has 2 N–H and O–H groups in total. The van der Waals surface area contributed by atoms with E-state index in [0.717, 1.165) is 6.42 Å². The molecule has 0 spiro atoms. The standard InChI is InChI=1S/C6H13ClO2/c1-5(2-3-7)6(9)4-8/h5-6,8-9H,2-4H2,1H3/t5-,6-/m0/s1. The maximum Gasteiger partial charge on any atom is 0.0796 e. The Kier molecular flexibility index (Phi) is 5.15. The normalized spacial score (nSPS) is 17.3. The molecule has 0 aromatic carbocycles. The highest BCUT2D eigenvalue weighted by Crippen LogP contribution is 2.07. The number of rotatable bonds is 4. The fourth-order valence-electron chi connectivity index (χ4n) is 0.544. The summed E-state index contributed by atoms with van der Waals surface area (Å²) in [6.45, 7) is 1.70. The van der Waals surface area contributed by atoms with Gasteiger partial charge in [-0.1, -0.05) is 6.92 Å². The van der Waals surface area contributed by atoms with Crippen molar-refractivity contribution in [2.45, 2.75) is 19.4 Å². The van der Waals surface area contributed by atoms with Crippen molar-refractivity contribution >= 4 is 11.6 Å². The minimum absolute atomic E-state index is 0.104. The van der Waals surface area contributed by atoms with Gasteiger partial charge in [-0.15, -0.1) is 11.6 Å². The molecular formula is C6H13ClO2. The average Bonchev–Trinajstić information content (AvgIpc) is 1.87. The zero-order valence-electron chi connectivity index (χ0n) is 5.55. The van der Waals surface area contributed by atoms with E-state index >= 15 is 0 Å². The van der Waals surface area contributed by atoms with Crippen molar-refractivity contribution in [3.8, 4) is 0 Å². The van der Waals surface area contributed by atoms with Gasteiger partial charge in [0.25, 0.3) is 0 Å². The van der Waals surface area contributed by atoms with Gasteiger partial charge in [-0.2, -0.15) is 0 Å². The van der Waals surface area contributed by atoms with Gasteiger partial charge in [-0.05, 0) is 12.3 Å². The molecule has 2 nitrogen and oxygen atoms in total. The quantitative estimate of drug-likeness (QED) is 0.580. The van der Waals surface area contributed by atoms with E-state index in [4.69, 9.17) is 21.8 Å². The Balaban J connectivity index is 3.32. The molecular weight excluding hydrogens is 140 g/mol. The Morgan fingerprint density at radius 2 is 2.11 bits per heavy atom. The van der Waals surface area contributed by atoms with Crippen LogP contribution < -0.4 is 0 Å². The summed E-state index contributed by atoms with van der Waals surface area (Å²) >= 11 is 5.40. The fourth-order valence-corrected chi connectivity index (χ4v) is 0.889. The van der Waals surface area contributed by atoms with Crippen molar-refractivity contribution in [1.29, 1.82) is 0 Å². The zero-order chi connectivity index (χ0) is 7.28. The first-order valence-corrected chi connectivity index (χ1v) is 3.60. The maximum atomic E-state index is 8.95. The van der Waals surface area contributed by atoms with Gasteiger partial charge in [-0.25, -0.2) is 0 Å². The molecule has 0 aliphatic rings. The average molecular weight is 153 g/mol. The number of aliphatic hydroxyl groups excluding tert-OH is 2. The molecule has 3 heteroatoms. The molecule has 0 aromatic heterocycles. The van der Waals surface area contributed by atoms with Crippen molar-refractivity contribution < 1.29 is 10.2 Å². The summed E-state index contributed by atoms with van der Waals surface area (Å²) in [5, 5.41) is 17.4. The third kappa shape index (κ3) is 3.73. The van der Waals surface area contributed by atoms with E-state index in [0.29, 0.717) is 5.88 Å². The molecule has 0 fully saturated rings. The van der Waals surface area contributed by atoms with E-state index in [-0.39, 0.29) is 12.5 Å². The van der Waals surface area contributed by atoms with Crippen molar-refractivity contribution in [3.05, 3.63) is 0 Å². The van der Waals surface area contributed by atoms with E-state index in [1.807, 2.05) is 6.92 Å². The highest BCUT2D eigenvalue weighted by molar-refractivity contribution is 6.17. The van der Waals surface area contributed by atoms with Crippen LogP contribution in [0.2, 0.25) is 0 Å². The first-order chi connectivity index (χ1) is 4.22. The van der Waals surface area contributed by atoms with Crippen LogP contribution in [-0.4, -0.2) is 28.8 Å². The minimum Gasteiger partial charge on any atom is -0.394 e. The molecule has 0 amide bonds. The molecule has 0 unspecified atom stereocenters. The Hall–Kier alpha value is 0.210. The van der Waals surface area contributed by atoms with Gasteiger partial charge in [0.1, 0.15) is 0 Å². The summed E-state index contributed by atoms with van der Waals surface area (Å²) in [5.74, 6) is 0.644. The van der Waals surface area contributed by atoms with Crippen LogP contribution in [0.4, 0.5) is 0 Å². The van der Waals surface area contributed by atoms with Gasteiger partial charge in [0.2, 0.25) is 0 Å². The molecule has 0 aliphatic carbocycles. The van der Waals surface area contributed by atoms with Crippen LogP contribution in [0.1, 0.15) is 13.3 Å². The lowest BCUT2D eigenvalue weighted by atomic mass is 10.0. The highest BCUT2D eigenvalue weighted by Gasteiger charge is 2.10. The van der Waals surface area contributed by atoms with Crippen LogP contribution in [0.5, 0.6) is 0 Å². The molecule has 9 heavy (non-hydrogen) atoms. The van der Waals surface area contributed by atoms with Crippen molar-refractivity contribution in [2.75, 3.05) is 12.5 Å². The van der Waals surface area contributed by atoms with E-state index < -0.39 is 6.10 Å². The molecule has 0 heterocycles. The monoisotopic (exact) mass is 152 g/mol. The van der Waals surface area contributed by atoms with E-state index in [1.165, 1.54) is 0 Å². The number of hydrogen-bond donors (Lipinski definition) is 2. The number of halogens is 1. The number of alkyl halides is 1. The van der Waals surface area contributed by atoms with E-state index in [2.05, 4.69) is 0 Å². The molecule has 0 saturated carbocycles. The van der Waals surface area contributed by atoms with Crippen LogP contribution >= 0.6 is 11.6 Å². The topological polar surface area (TPSA) is 40.5 Å². The van der Waals surface area contributed by atoms with Crippen LogP contribution in [0.15, 0.2) is 0 Å². The largest absolute Gasteiger partial charge is 0.394 e. The Labute approximate surface area is 60.5 Å². The lowest BCUT2D eigenvalue weighted by Gasteiger charge is -2.13. The first-order valence-electron chi connectivity index (χ1n) is 3.07. The molecule has 0 aliphatic heterocycles. The Bertz CT molecular complexity index is 68.1. The van der Waals surface area contributed by atoms with Crippen molar-refractivity contribution in [2.24, 2.45) is 5.92 Å². The first kappa shape index (κ1) is 9.21. The Morgan fingerprint density at radius 1 is 1.56 bits per heavy atom. The van der Waals surface area contributed by atoms with Gasteiger partial charge in [-0.3, -0.25) is 0 Å². The second kappa shape index (κ2) is 5.03. The fraction of sp³-hybridized carbons (Fsp3) is 1.00. The minimum atomic E-state index is -0.608. The lowest BCUT2D eigenvalue weighted by molar-refractivity contribution is 0.0524. The van der Waals surface area contributed by atoms with Gasteiger partial charge in [0.15, 0.2) is 0 Å². The van der Waals surface area contributed by atoms with E-state index in [9.17, 15) is 0 Å². The van der Waals surface area contributed by atoms with Crippen LogP contribution in [-0.2, 0) is 0 Å². The van der Waals surface area contributed by atoms with Gasteiger partial charge < -0.3 is 10.2 Å². The summed E-state index contributed by atoms with van der Waals surface area (Å²) in [5.41, 5.74) is 0. The SMILES string of the molecule is C[C@@H](CCCl)[C@@H](O)CO. The van der Waals surface area contributed by atoms with Gasteiger partial charge in [0.05, 0.1) is 12.7 Å². The highest BCUT2D eigenvalue weighted by atomic mass is 35.5. The summed E-state index contributed by atoms with van der Waals surface area (Å²) in [6, 6.07) is 0. The molecule has 0 rings (SSSR count). The molecule has 0 saturated heterocycles. The molecule has 0 bridgehead atoms. The summed E-state index contributed by atoms with van der Waals surface area (Å²) in [7, 11) is 0. The van der Waals surface area contributed by atoms with Crippen molar-refractivity contribution in [1.82, 2.24) is 0 Å². The van der Waals surface area contributed by atoms with Crippen LogP contribution in [0, 0.1) is 5.92 Å². The van der Waals surface area contributed by atoms with Gasteiger partial charge >= 0.3 is 0 Å². The van der Waals surface area contributed by atoms with Crippen LogP contribution in [0.25, 0.3) is 0 Å². The second-order valence-corrected chi connectivity index (χ2v) is 2.58. The second-order valence-electron chi connectivity index (χ2n) is 2.20. The third-order valence-corrected chi connectivity index (χ3v) is 1.63. The van der Waals surface area contributed by atoms with Crippen LogP contribution in [0.3, 0.4) is 0 Å². The van der Waals surface area contributed by atoms with E-state index in [1.54, 1.807) is 0 Å². The summed E-state index contributed by atoms with van der Waals surface area (Å²) in [6.07, 6.45) is 0.146. The number of aliphatic hydroxyl groups is 2. The molecule has 56 valence electrons. The maximum absolute atomic E-state index is 8.95. The third-order valence-electron chi connectivity index (χ3n) is 1.41. The predicted octanol–water partition coefficient (Wildman–Crippen LogP) is 0.605. The summed E-state index contributed by atoms with van der Waals surface area (Å²) in [4.78, 5) is 0. The van der Waals surface area contributed by atoms with Gasteiger partial charge in [0, 0.05) is 5.88 Å². The lowest BCUT2D eigenvalue weighted by Crippen LogP contribution is -2.21.